The van der Waals surface area contributed by atoms with E-state index < -0.39 is 0 Å². The average molecular weight is 245 g/mol. The summed E-state index contributed by atoms with van der Waals surface area (Å²) in [5, 5.41) is 3.17. The zero-order valence-electron chi connectivity index (χ0n) is 9.28. The van der Waals surface area contributed by atoms with Crippen LogP contribution in [0.15, 0.2) is 18.2 Å². The lowest BCUT2D eigenvalue weighted by Gasteiger charge is -1.92. The third-order valence-corrected chi connectivity index (χ3v) is 2.91. The van der Waals surface area contributed by atoms with E-state index in [1.165, 1.54) is 18.3 Å². The first-order valence-corrected chi connectivity index (χ1v) is 5.86. The minimum absolute atomic E-state index is 0.0787. The van der Waals surface area contributed by atoms with Gasteiger partial charge < -0.3 is 11.1 Å². The highest BCUT2D eigenvalue weighted by molar-refractivity contribution is 7.22. The van der Waals surface area contributed by atoms with Crippen LogP contribution in [0, 0.1) is 11.8 Å². The summed E-state index contributed by atoms with van der Waals surface area (Å²) in [6.07, 6.45) is 0. The van der Waals surface area contributed by atoms with E-state index in [4.69, 9.17) is 5.73 Å². The highest BCUT2D eigenvalue weighted by atomic mass is 32.1. The van der Waals surface area contributed by atoms with Crippen LogP contribution in [0.1, 0.15) is 12.5 Å². The quantitative estimate of drug-likeness (QED) is 0.745. The van der Waals surface area contributed by atoms with Gasteiger partial charge in [0.15, 0.2) is 5.13 Å². The molecular formula is C12H11N3OS. The predicted octanol–water partition coefficient (Wildman–Crippen LogP) is 1.37. The van der Waals surface area contributed by atoms with E-state index >= 15 is 0 Å². The first kappa shape index (κ1) is 11.4. The van der Waals surface area contributed by atoms with Crippen molar-refractivity contribution in [2.24, 2.45) is 0 Å². The number of thiazole rings is 1. The van der Waals surface area contributed by atoms with Crippen molar-refractivity contribution < 1.29 is 4.79 Å². The summed E-state index contributed by atoms with van der Waals surface area (Å²) in [4.78, 5) is 14.8. The summed E-state index contributed by atoms with van der Waals surface area (Å²) < 4.78 is 1.02. The molecule has 1 heterocycles. The molecule has 2 aromatic rings. The van der Waals surface area contributed by atoms with Crippen LogP contribution in [-0.4, -0.2) is 17.4 Å². The second-order valence-electron chi connectivity index (χ2n) is 3.45. The van der Waals surface area contributed by atoms with Crippen molar-refractivity contribution in [1.82, 2.24) is 10.3 Å². The van der Waals surface area contributed by atoms with Gasteiger partial charge in [-0.1, -0.05) is 23.2 Å². The number of nitrogens with one attached hydrogen (secondary N) is 1. The number of aromatic nitrogens is 1. The van der Waals surface area contributed by atoms with Crippen molar-refractivity contribution in [2.75, 3.05) is 12.3 Å². The fraction of sp³-hybridized carbons (Fsp3) is 0.167. The van der Waals surface area contributed by atoms with Gasteiger partial charge in [-0.3, -0.25) is 4.79 Å². The number of benzene rings is 1. The Labute approximate surface area is 103 Å². The summed E-state index contributed by atoms with van der Waals surface area (Å²) in [6.45, 7) is 1.83. The second-order valence-corrected chi connectivity index (χ2v) is 4.51. The fourth-order valence-corrected chi connectivity index (χ4v) is 2.11. The van der Waals surface area contributed by atoms with Crippen LogP contribution in [-0.2, 0) is 4.79 Å². The summed E-state index contributed by atoms with van der Waals surface area (Å²) in [5.41, 5.74) is 7.40. The van der Waals surface area contributed by atoms with E-state index in [-0.39, 0.29) is 5.91 Å². The number of nitrogens with two attached hydrogens (primary N) is 1. The van der Waals surface area contributed by atoms with Crippen molar-refractivity contribution in [3.8, 4) is 11.8 Å². The lowest BCUT2D eigenvalue weighted by molar-refractivity contribution is -0.118. The summed E-state index contributed by atoms with van der Waals surface area (Å²) in [7, 11) is 0. The number of fused-ring (bicyclic) bond motifs is 1. The number of hydrogen-bond donors (Lipinski definition) is 2. The number of carbonyl (C=O) groups excluding carboxylic acids is 1. The maximum atomic E-state index is 10.6. The number of amides is 1. The molecule has 0 fully saturated rings. The van der Waals surface area contributed by atoms with Crippen molar-refractivity contribution >= 4 is 32.6 Å². The van der Waals surface area contributed by atoms with Crippen molar-refractivity contribution in [2.45, 2.75) is 6.92 Å². The minimum atomic E-state index is -0.0787. The fourth-order valence-electron chi connectivity index (χ4n) is 1.34. The lowest BCUT2D eigenvalue weighted by Crippen LogP contribution is -2.19. The molecule has 0 aliphatic rings. The van der Waals surface area contributed by atoms with Gasteiger partial charge in [0, 0.05) is 12.5 Å². The Morgan fingerprint density at radius 2 is 2.41 bits per heavy atom. The topological polar surface area (TPSA) is 68.0 Å². The van der Waals surface area contributed by atoms with E-state index in [9.17, 15) is 4.79 Å². The van der Waals surface area contributed by atoms with Crippen LogP contribution < -0.4 is 11.1 Å². The van der Waals surface area contributed by atoms with Gasteiger partial charge in [-0.2, -0.15) is 0 Å². The van der Waals surface area contributed by atoms with Crippen LogP contribution in [0.25, 0.3) is 10.2 Å². The molecule has 0 aliphatic heterocycles. The maximum Gasteiger partial charge on any atom is 0.217 e. The zero-order valence-corrected chi connectivity index (χ0v) is 10.1. The molecule has 1 aromatic heterocycles. The van der Waals surface area contributed by atoms with Gasteiger partial charge in [0.2, 0.25) is 5.91 Å². The molecule has 17 heavy (non-hydrogen) atoms. The molecule has 0 spiro atoms. The standard InChI is InChI=1S/C12H11N3OS/c1-8(16)14-6-2-3-9-4-5-10-11(7-9)17-12(13)15-10/h4-5,7H,6H2,1H3,(H2,13,15)(H,14,16). The van der Waals surface area contributed by atoms with Gasteiger partial charge in [0.25, 0.3) is 0 Å². The van der Waals surface area contributed by atoms with Gasteiger partial charge in [0.05, 0.1) is 16.8 Å². The Morgan fingerprint density at radius 1 is 1.59 bits per heavy atom. The lowest BCUT2D eigenvalue weighted by atomic mass is 10.2. The third-order valence-electron chi connectivity index (χ3n) is 2.06. The number of rotatable bonds is 1. The minimum Gasteiger partial charge on any atom is -0.375 e. The van der Waals surface area contributed by atoms with Gasteiger partial charge in [-0.25, -0.2) is 4.98 Å². The maximum absolute atomic E-state index is 10.6. The van der Waals surface area contributed by atoms with E-state index in [1.54, 1.807) is 0 Å². The number of carbonyl (C=O) groups is 1. The molecule has 1 aromatic carbocycles. The Kier molecular flexibility index (Phi) is 3.26. The molecule has 86 valence electrons. The molecule has 0 atom stereocenters. The molecule has 0 bridgehead atoms. The molecule has 4 nitrogen and oxygen atoms in total. The molecule has 1 amide bonds. The van der Waals surface area contributed by atoms with E-state index in [1.807, 2.05) is 18.2 Å². The molecule has 0 unspecified atom stereocenters. The SMILES string of the molecule is CC(=O)NCC#Cc1ccc2nc(N)sc2c1. The first-order chi connectivity index (χ1) is 8.15. The Bertz CT molecular complexity index is 621. The van der Waals surface area contributed by atoms with Gasteiger partial charge in [0.1, 0.15) is 0 Å². The van der Waals surface area contributed by atoms with Crippen LogP contribution in [0.2, 0.25) is 0 Å². The summed E-state index contributed by atoms with van der Waals surface area (Å²) in [6, 6.07) is 5.73. The van der Waals surface area contributed by atoms with E-state index in [0.717, 1.165) is 15.8 Å². The third kappa shape index (κ3) is 2.95. The Morgan fingerprint density at radius 3 is 3.18 bits per heavy atom. The average Bonchev–Trinajstić information content (AvgIpc) is 2.63. The van der Waals surface area contributed by atoms with Crippen LogP contribution in [0.3, 0.4) is 0 Å². The highest BCUT2D eigenvalue weighted by Gasteiger charge is 2.00. The number of nitrogen functional groups attached to an aromatic ring is 1. The smallest absolute Gasteiger partial charge is 0.217 e. The first-order valence-electron chi connectivity index (χ1n) is 5.04. The monoisotopic (exact) mass is 245 g/mol. The number of nitrogens with zero attached hydrogens (tertiary/aromatic N) is 1. The highest BCUT2D eigenvalue weighted by Crippen LogP contribution is 2.24. The van der Waals surface area contributed by atoms with Crippen molar-refractivity contribution in [1.29, 1.82) is 0 Å². The number of hydrogen-bond acceptors (Lipinski definition) is 4. The van der Waals surface area contributed by atoms with Crippen molar-refractivity contribution in [3.63, 3.8) is 0 Å². The van der Waals surface area contributed by atoms with Crippen LogP contribution >= 0.6 is 11.3 Å². The van der Waals surface area contributed by atoms with Gasteiger partial charge in [-0.15, -0.1) is 0 Å². The van der Waals surface area contributed by atoms with Crippen LogP contribution in [0.5, 0.6) is 0 Å². The van der Waals surface area contributed by atoms with E-state index in [0.29, 0.717) is 11.7 Å². The molecule has 3 N–H and O–H groups in total. The molecule has 5 heteroatoms. The van der Waals surface area contributed by atoms with E-state index in [2.05, 4.69) is 22.1 Å². The molecular weight excluding hydrogens is 234 g/mol. The Hall–Kier alpha value is -2.06. The summed E-state index contributed by atoms with van der Waals surface area (Å²) >= 11 is 1.44. The normalized spacial score (nSPS) is 9.71. The van der Waals surface area contributed by atoms with Crippen LogP contribution in [0.4, 0.5) is 5.13 Å². The van der Waals surface area contributed by atoms with Crippen molar-refractivity contribution in [3.05, 3.63) is 23.8 Å². The Balaban J connectivity index is 2.16. The molecule has 2 rings (SSSR count). The number of anilines is 1. The predicted molar refractivity (Wildman–Crippen MR) is 69.6 cm³/mol. The van der Waals surface area contributed by atoms with Gasteiger partial charge >= 0.3 is 0 Å². The molecule has 0 saturated carbocycles. The molecule has 0 radical (unpaired) electrons. The zero-order chi connectivity index (χ0) is 12.3. The van der Waals surface area contributed by atoms with Gasteiger partial charge in [-0.05, 0) is 18.2 Å². The molecule has 0 aliphatic carbocycles. The molecule has 0 saturated heterocycles. The largest absolute Gasteiger partial charge is 0.375 e. The second kappa shape index (κ2) is 4.85. The summed E-state index contributed by atoms with van der Waals surface area (Å²) in [5.74, 6) is 5.77.